The molecule has 1 rings (SSSR count). The molecule has 0 fully saturated rings. The third kappa shape index (κ3) is 5.01. The van der Waals surface area contributed by atoms with E-state index < -0.39 is 0 Å². The lowest BCUT2D eigenvalue weighted by Crippen LogP contribution is -2.41. The molecule has 1 amide bonds. The molecule has 96 valence electrons. The molecule has 0 aliphatic carbocycles. The van der Waals surface area contributed by atoms with Gasteiger partial charge >= 0.3 is 0 Å². The van der Waals surface area contributed by atoms with E-state index >= 15 is 0 Å². The van der Waals surface area contributed by atoms with Crippen molar-refractivity contribution in [2.24, 2.45) is 0 Å². The normalized spacial score (nSPS) is 14.3. The molecule has 2 N–H and O–H groups in total. The maximum Gasteiger partial charge on any atom is 0.234 e. The maximum atomic E-state index is 11.5. The molecular formula is C12H20N2O3. The van der Waals surface area contributed by atoms with Crippen LogP contribution in [0.25, 0.3) is 0 Å². The highest BCUT2D eigenvalue weighted by Gasteiger charge is 2.11. The van der Waals surface area contributed by atoms with E-state index in [4.69, 9.17) is 9.15 Å². The van der Waals surface area contributed by atoms with Crippen molar-refractivity contribution in [1.82, 2.24) is 10.6 Å². The lowest BCUT2D eigenvalue weighted by atomic mass is 10.2. The number of nitrogens with one attached hydrogen (secondary N) is 2. The highest BCUT2D eigenvalue weighted by Crippen LogP contribution is 2.11. The van der Waals surface area contributed by atoms with Crippen molar-refractivity contribution in [2.45, 2.75) is 25.9 Å². The van der Waals surface area contributed by atoms with E-state index in [1.165, 1.54) is 0 Å². The van der Waals surface area contributed by atoms with Crippen molar-refractivity contribution < 1.29 is 13.9 Å². The van der Waals surface area contributed by atoms with Crippen LogP contribution in [0.15, 0.2) is 22.8 Å². The summed E-state index contributed by atoms with van der Waals surface area (Å²) in [5.41, 5.74) is 0. The SMILES string of the molecule is COCC(C)NC(=O)CNC(C)c1ccco1. The molecule has 0 radical (unpaired) electrons. The molecule has 0 aromatic carbocycles. The van der Waals surface area contributed by atoms with Gasteiger partial charge in [0.25, 0.3) is 0 Å². The summed E-state index contributed by atoms with van der Waals surface area (Å²) in [5, 5.41) is 5.91. The van der Waals surface area contributed by atoms with E-state index in [0.717, 1.165) is 5.76 Å². The van der Waals surface area contributed by atoms with Crippen LogP contribution in [0.2, 0.25) is 0 Å². The van der Waals surface area contributed by atoms with Crippen LogP contribution in [-0.2, 0) is 9.53 Å². The van der Waals surface area contributed by atoms with Crippen LogP contribution in [0.1, 0.15) is 25.6 Å². The second-order valence-electron chi connectivity index (χ2n) is 4.04. The van der Waals surface area contributed by atoms with Gasteiger partial charge < -0.3 is 14.5 Å². The zero-order chi connectivity index (χ0) is 12.7. The number of ether oxygens (including phenoxy) is 1. The lowest BCUT2D eigenvalue weighted by molar-refractivity contribution is -0.121. The molecule has 0 aliphatic heterocycles. The molecule has 1 aromatic rings. The van der Waals surface area contributed by atoms with Crippen LogP contribution in [0.5, 0.6) is 0 Å². The summed E-state index contributed by atoms with van der Waals surface area (Å²) in [6, 6.07) is 3.75. The fraction of sp³-hybridized carbons (Fsp3) is 0.583. The van der Waals surface area contributed by atoms with Gasteiger partial charge in [-0.15, -0.1) is 0 Å². The standard InChI is InChI=1S/C12H20N2O3/c1-9(8-16-3)14-12(15)7-13-10(2)11-5-4-6-17-11/h4-6,9-10,13H,7-8H2,1-3H3,(H,14,15). The Kier molecular flexibility index (Phi) is 5.72. The first-order chi connectivity index (χ1) is 8.13. The summed E-state index contributed by atoms with van der Waals surface area (Å²) in [4.78, 5) is 11.5. The Hall–Kier alpha value is -1.33. The van der Waals surface area contributed by atoms with E-state index in [2.05, 4.69) is 10.6 Å². The van der Waals surface area contributed by atoms with Gasteiger partial charge in [0.05, 0.1) is 25.5 Å². The zero-order valence-electron chi connectivity index (χ0n) is 10.5. The molecule has 5 nitrogen and oxygen atoms in total. The topological polar surface area (TPSA) is 63.5 Å². The number of amides is 1. The minimum Gasteiger partial charge on any atom is -0.468 e. The lowest BCUT2D eigenvalue weighted by Gasteiger charge is -2.15. The van der Waals surface area contributed by atoms with Crippen LogP contribution >= 0.6 is 0 Å². The van der Waals surface area contributed by atoms with Crippen molar-refractivity contribution >= 4 is 5.91 Å². The van der Waals surface area contributed by atoms with Gasteiger partial charge in [0, 0.05) is 13.2 Å². The second-order valence-corrected chi connectivity index (χ2v) is 4.04. The molecule has 2 unspecified atom stereocenters. The second kappa shape index (κ2) is 7.09. The number of carbonyl (C=O) groups is 1. The minimum atomic E-state index is -0.0482. The first-order valence-corrected chi connectivity index (χ1v) is 5.68. The predicted octanol–water partition coefficient (Wildman–Crippen LogP) is 1.08. The van der Waals surface area contributed by atoms with E-state index in [1.807, 2.05) is 26.0 Å². The molecule has 0 aliphatic rings. The molecule has 17 heavy (non-hydrogen) atoms. The number of furan rings is 1. The number of methoxy groups -OCH3 is 1. The van der Waals surface area contributed by atoms with E-state index in [9.17, 15) is 4.79 Å². The molecule has 0 saturated carbocycles. The largest absolute Gasteiger partial charge is 0.468 e. The molecule has 0 bridgehead atoms. The summed E-state index contributed by atoms with van der Waals surface area (Å²) in [6.07, 6.45) is 1.62. The average molecular weight is 240 g/mol. The van der Waals surface area contributed by atoms with Gasteiger partial charge in [0.2, 0.25) is 5.91 Å². The summed E-state index contributed by atoms with van der Waals surface area (Å²) in [7, 11) is 1.61. The van der Waals surface area contributed by atoms with Crippen LogP contribution in [0.3, 0.4) is 0 Å². The van der Waals surface area contributed by atoms with Gasteiger partial charge in [-0.25, -0.2) is 0 Å². The van der Waals surface area contributed by atoms with Crippen LogP contribution in [0.4, 0.5) is 0 Å². The number of hydrogen-bond acceptors (Lipinski definition) is 4. The minimum absolute atomic E-state index is 0.0215. The molecule has 5 heteroatoms. The van der Waals surface area contributed by atoms with Gasteiger partial charge in [-0.05, 0) is 26.0 Å². The molecule has 2 atom stereocenters. The molecule has 1 aromatic heterocycles. The quantitative estimate of drug-likeness (QED) is 0.748. The third-order valence-corrected chi connectivity index (χ3v) is 2.36. The van der Waals surface area contributed by atoms with Crippen molar-refractivity contribution in [1.29, 1.82) is 0 Å². The van der Waals surface area contributed by atoms with Crippen LogP contribution in [-0.4, -0.2) is 32.2 Å². The Morgan fingerprint density at radius 3 is 2.88 bits per heavy atom. The number of carbonyl (C=O) groups excluding carboxylic acids is 1. The van der Waals surface area contributed by atoms with Gasteiger partial charge in [0.1, 0.15) is 5.76 Å². The summed E-state index contributed by atoms with van der Waals surface area (Å²) in [5.74, 6) is 0.774. The van der Waals surface area contributed by atoms with Crippen molar-refractivity contribution in [3.63, 3.8) is 0 Å². The number of hydrogen-bond donors (Lipinski definition) is 2. The van der Waals surface area contributed by atoms with Gasteiger partial charge in [0.15, 0.2) is 0 Å². The van der Waals surface area contributed by atoms with Gasteiger partial charge in [-0.2, -0.15) is 0 Å². The molecule has 1 heterocycles. The molecular weight excluding hydrogens is 220 g/mol. The average Bonchev–Trinajstić information content (AvgIpc) is 2.79. The van der Waals surface area contributed by atoms with Crippen LogP contribution < -0.4 is 10.6 Å². The zero-order valence-corrected chi connectivity index (χ0v) is 10.5. The van der Waals surface area contributed by atoms with Crippen molar-refractivity contribution in [3.05, 3.63) is 24.2 Å². The van der Waals surface area contributed by atoms with E-state index in [-0.39, 0.29) is 24.5 Å². The summed E-state index contributed by atoms with van der Waals surface area (Å²) < 4.78 is 10.2. The van der Waals surface area contributed by atoms with Gasteiger partial charge in [-0.3, -0.25) is 10.1 Å². The van der Waals surface area contributed by atoms with Crippen molar-refractivity contribution in [2.75, 3.05) is 20.3 Å². The summed E-state index contributed by atoms with van der Waals surface area (Å²) >= 11 is 0. The third-order valence-electron chi connectivity index (χ3n) is 2.36. The summed E-state index contributed by atoms with van der Waals surface area (Å²) in [6.45, 7) is 4.62. The highest BCUT2D eigenvalue weighted by atomic mass is 16.5. The Bertz CT molecular complexity index is 325. The Morgan fingerprint density at radius 2 is 2.29 bits per heavy atom. The van der Waals surface area contributed by atoms with Crippen molar-refractivity contribution in [3.8, 4) is 0 Å². The first kappa shape index (κ1) is 13.7. The van der Waals surface area contributed by atoms with Crippen LogP contribution in [0, 0.1) is 0 Å². The number of rotatable bonds is 7. The smallest absolute Gasteiger partial charge is 0.234 e. The first-order valence-electron chi connectivity index (χ1n) is 5.68. The maximum absolute atomic E-state index is 11.5. The predicted molar refractivity (Wildman–Crippen MR) is 64.6 cm³/mol. The van der Waals surface area contributed by atoms with Gasteiger partial charge in [-0.1, -0.05) is 0 Å². The molecule has 0 saturated heterocycles. The Labute approximate surface area is 102 Å². The molecule has 0 spiro atoms. The fourth-order valence-electron chi connectivity index (χ4n) is 1.50. The highest BCUT2D eigenvalue weighted by molar-refractivity contribution is 5.78. The fourth-order valence-corrected chi connectivity index (χ4v) is 1.50. The van der Waals surface area contributed by atoms with E-state index in [1.54, 1.807) is 13.4 Å². The Balaban J connectivity index is 2.24. The monoisotopic (exact) mass is 240 g/mol. The Morgan fingerprint density at radius 1 is 1.53 bits per heavy atom. The van der Waals surface area contributed by atoms with E-state index in [0.29, 0.717) is 6.61 Å².